The first-order valence-corrected chi connectivity index (χ1v) is 5.76. The molecular formula is C13H21NO4. The first-order valence-electron chi connectivity index (χ1n) is 5.76. The minimum Gasteiger partial charge on any atom is -0.462 e. The number of ether oxygens (including phenoxy) is 2. The number of carbonyl (C=O) groups is 2. The molecule has 0 bridgehead atoms. The molecule has 1 amide bonds. The van der Waals surface area contributed by atoms with E-state index in [9.17, 15) is 9.59 Å². The number of amides is 1. The summed E-state index contributed by atoms with van der Waals surface area (Å²) in [5.74, 6) is 1.80. The molecule has 0 N–H and O–H groups in total. The maximum absolute atomic E-state index is 11.8. The fourth-order valence-corrected chi connectivity index (χ4v) is 1.08. The molecule has 5 heteroatoms. The third-order valence-electron chi connectivity index (χ3n) is 1.62. The van der Waals surface area contributed by atoms with Gasteiger partial charge in [-0.1, -0.05) is 5.92 Å². The van der Waals surface area contributed by atoms with E-state index < -0.39 is 17.7 Å². The van der Waals surface area contributed by atoms with Crippen molar-refractivity contribution in [2.24, 2.45) is 0 Å². The summed E-state index contributed by atoms with van der Waals surface area (Å²) in [6.07, 6.45) is 4.30. The summed E-state index contributed by atoms with van der Waals surface area (Å²) in [7, 11) is 0. The molecule has 0 aromatic carbocycles. The van der Waals surface area contributed by atoms with Gasteiger partial charge in [0.05, 0.1) is 12.6 Å². The van der Waals surface area contributed by atoms with Gasteiger partial charge in [-0.05, 0) is 34.6 Å². The summed E-state index contributed by atoms with van der Waals surface area (Å²) in [5, 5.41) is 0. The van der Waals surface area contributed by atoms with Gasteiger partial charge in [-0.15, -0.1) is 6.42 Å². The molecule has 0 aliphatic heterocycles. The van der Waals surface area contributed by atoms with Crippen molar-refractivity contribution in [2.45, 2.75) is 46.3 Å². The molecule has 102 valence electrons. The van der Waals surface area contributed by atoms with Crippen LogP contribution in [0.1, 0.15) is 34.6 Å². The van der Waals surface area contributed by atoms with Crippen LogP contribution in [-0.2, 0) is 14.3 Å². The van der Waals surface area contributed by atoms with Gasteiger partial charge in [0.25, 0.3) is 0 Å². The Bertz CT molecular complexity index is 336. The Hall–Kier alpha value is -1.70. The Morgan fingerprint density at radius 3 is 2.28 bits per heavy atom. The maximum atomic E-state index is 11.8. The van der Waals surface area contributed by atoms with E-state index in [2.05, 4.69) is 5.92 Å². The van der Waals surface area contributed by atoms with E-state index in [-0.39, 0.29) is 19.2 Å². The number of hydrogen-bond donors (Lipinski definition) is 0. The molecule has 0 spiro atoms. The van der Waals surface area contributed by atoms with Gasteiger partial charge in [0.15, 0.2) is 0 Å². The molecule has 0 unspecified atom stereocenters. The molecule has 0 aliphatic rings. The molecule has 0 aliphatic carbocycles. The van der Waals surface area contributed by atoms with Crippen LogP contribution in [0, 0.1) is 12.3 Å². The second kappa shape index (κ2) is 6.90. The van der Waals surface area contributed by atoms with E-state index in [4.69, 9.17) is 15.9 Å². The SMILES string of the molecule is C#CCN(CC(=O)OC(C)C)C(=O)OC(C)(C)C. The molecule has 0 saturated heterocycles. The molecule has 0 saturated carbocycles. The van der Waals surface area contributed by atoms with Gasteiger partial charge in [-0.25, -0.2) is 4.79 Å². The minimum atomic E-state index is -0.633. The number of carbonyl (C=O) groups excluding carboxylic acids is 2. The van der Waals surface area contributed by atoms with E-state index in [1.165, 1.54) is 0 Å². The average Bonchev–Trinajstić information content (AvgIpc) is 2.12. The largest absolute Gasteiger partial charge is 0.462 e. The summed E-state index contributed by atoms with van der Waals surface area (Å²) in [4.78, 5) is 24.4. The van der Waals surface area contributed by atoms with Gasteiger partial charge < -0.3 is 9.47 Å². The van der Waals surface area contributed by atoms with Gasteiger partial charge in [-0.3, -0.25) is 9.69 Å². The molecule has 0 fully saturated rings. The molecular weight excluding hydrogens is 234 g/mol. The predicted octanol–water partition coefficient (Wildman–Crippen LogP) is 1.81. The van der Waals surface area contributed by atoms with Crippen LogP contribution in [-0.4, -0.2) is 41.8 Å². The van der Waals surface area contributed by atoms with Crippen molar-refractivity contribution in [1.29, 1.82) is 0 Å². The van der Waals surface area contributed by atoms with Gasteiger partial charge >= 0.3 is 12.1 Å². The van der Waals surface area contributed by atoms with Crippen molar-refractivity contribution >= 4 is 12.1 Å². The van der Waals surface area contributed by atoms with Crippen molar-refractivity contribution in [3.05, 3.63) is 0 Å². The highest BCUT2D eigenvalue weighted by molar-refractivity contribution is 5.78. The van der Waals surface area contributed by atoms with Crippen molar-refractivity contribution in [1.82, 2.24) is 4.90 Å². The molecule has 0 aromatic rings. The van der Waals surface area contributed by atoms with E-state index in [1.807, 2.05) is 0 Å². The third-order valence-corrected chi connectivity index (χ3v) is 1.62. The van der Waals surface area contributed by atoms with Crippen LogP contribution >= 0.6 is 0 Å². The molecule has 0 atom stereocenters. The van der Waals surface area contributed by atoms with Crippen molar-refractivity contribution in [3.8, 4) is 12.3 Å². The summed E-state index contributed by atoms with van der Waals surface area (Å²) < 4.78 is 10.1. The third kappa shape index (κ3) is 7.55. The minimum absolute atomic E-state index is 0.00209. The van der Waals surface area contributed by atoms with Crippen LogP contribution in [0.5, 0.6) is 0 Å². The van der Waals surface area contributed by atoms with Crippen LogP contribution in [0.3, 0.4) is 0 Å². The normalized spacial score (nSPS) is 10.7. The number of nitrogens with zero attached hydrogens (tertiary/aromatic N) is 1. The molecule has 0 aromatic heterocycles. The van der Waals surface area contributed by atoms with Crippen molar-refractivity contribution in [2.75, 3.05) is 13.1 Å². The topological polar surface area (TPSA) is 55.8 Å². The molecule has 0 heterocycles. The second-order valence-electron chi connectivity index (χ2n) is 5.08. The zero-order chi connectivity index (χ0) is 14.3. The van der Waals surface area contributed by atoms with Gasteiger partial charge in [0.1, 0.15) is 12.1 Å². The summed E-state index contributed by atoms with van der Waals surface area (Å²) in [6.45, 7) is 8.48. The maximum Gasteiger partial charge on any atom is 0.411 e. The Balaban J connectivity index is 4.52. The second-order valence-corrected chi connectivity index (χ2v) is 5.08. The number of esters is 1. The Labute approximate surface area is 108 Å². The number of rotatable bonds is 4. The Morgan fingerprint density at radius 1 is 1.33 bits per heavy atom. The molecule has 0 rings (SSSR count). The first kappa shape index (κ1) is 16.3. The summed E-state index contributed by atoms with van der Waals surface area (Å²) in [5.41, 5.74) is -0.633. The van der Waals surface area contributed by atoms with Crippen LogP contribution in [0.4, 0.5) is 4.79 Å². The quantitative estimate of drug-likeness (QED) is 0.568. The number of terminal acetylenes is 1. The fourth-order valence-electron chi connectivity index (χ4n) is 1.08. The Kier molecular flexibility index (Phi) is 6.24. The van der Waals surface area contributed by atoms with Crippen molar-refractivity contribution < 1.29 is 19.1 Å². The first-order chi connectivity index (χ1) is 8.15. The highest BCUT2D eigenvalue weighted by Crippen LogP contribution is 2.09. The average molecular weight is 255 g/mol. The highest BCUT2D eigenvalue weighted by atomic mass is 16.6. The molecule has 5 nitrogen and oxygen atoms in total. The zero-order valence-electron chi connectivity index (χ0n) is 11.6. The summed E-state index contributed by atoms with van der Waals surface area (Å²) in [6, 6.07) is 0. The van der Waals surface area contributed by atoms with Crippen molar-refractivity contribution in [3.63, 3.8) is 0 Å². The van der Waals surface area contributed by atoms with Gasteiger partial charge in [-0.2, -0.15) is 0 Å². The molecule has 18 heavy (non-hydrogen) atoms. The standard InChI is InChI=1S/C13H21NO4/c1-7-8-14(9-11(15)17-10(2)3)12(16)18-13(4,5)6/h1,10H,8-9H2,2-6H3. The Morgan fingerprint density at radius 2 is 1.89 bits per heavy atom. The highest BCUT2D eigenvalue weighted by Gasteiger charge is 2.24. The van der Waals surface area contributed by atoms with Gasteiger partial charge in [0.2, 0.25) is 0 Å². The zero-order valence-corrected chi connectivity index (χ0v) is 11.6. The van der Waals surface area contributed by atoms with E-state index in [0.717, 1.165) is 4.90 Å². The summed E-state index contributed by atoms with van der Waals surface area (Å²) >= 11 is 0. The number of hydrogen-bond acceptors (Lipinski definition) is 4. The lowest BCUT2D eigenvalue weighted by molar-refractivity contribution is -0.148. The fraction of sp³-hybridized carbons (Fsp3) is 0.692. The van der Waals surface area contributed by atoms with Gasteiger partial charge in [0, 0.05) is 0 Å². The smallest absolute Gasteiger partial charge is 0.411 e. The lowest BCUT2D eigenvalue weighted by atomic mass is 10.2. The molecule has 0 radical (unpaired) electrons. The van der Waals surface area contributed by atoms with Crippen LogP contribution < -0.4 is 0 Å². The van der Waals surface area contributed by atoms with E-state index >= 15 is 0 Å². The lowest BCUT2D eigenvalue weighted by Gasteiger charge is -2.25. The monoisotopic (exact) mass is 255 g/mol. The predicted molar refractivity (Wildman–Crippen MR) is 67.9 cm³/mol. The van der Waals surface area contributed by atoms with Crippen LogP contribution in [0.15, 0.2) is 0 Å². The van der Waals surface area contributed by atoms with Crippen LogP contribution in [0.2, 0.25) is 0 Å². The van der Waals surface area contributed by atoms with E-state index in [0.29, 0.717) is 0 Å². The van der Waals surface area contributed by atoms with E-state index in [1.54, 1.807) is 34.6 Å². The lowest BCUT2D eigenvalue weighted by Crippen LogP contribution is -2.40. The van der Waals surface area contributed by atoms with Crippen LogP contribution in [0.25, 0.3) is 0 Å².